The van der Waals surface area contributed by atoms with Crippen LogP contribution in [-0.2, 0) is 11.2 Å². The van der Waals surface area contributed by atoms with E-state index in [2.05, 4.69) is 29.4 Å². The fourth-order valence-electron chi connectivity index (χ4n) is 8.30. The lowest BCUT2D eigenvalue weighted by Gasteiger charge is -2.31. The van der Waals surface area contributed by atoms with Crippen molar-refractivity contribution < 1.29 is 19.3 Å². The third-order valence-electron chi connectivity index (χ3n) is 10.3. The van der Waals surface area contributed by atoms with Gasteiger partial charge in [-0.25, -0.2) is 4.98 Å². The van der Waals surface area contributed by atoms with Gasteiger partial charge in [-0.05, 0) is 80.7 Å². The summed E-state index contributed by atoms with van der Waals surface area (Å²) in [6, 6.07) is 6.22. The van der Waals surface area contributed by atoms with Gasteiger partial charge < -0.3 is 24.2 Å². The van der Waals surface area contributed by atoms with Crippen LogP contribution in [0.5, 0.6) is 17.6 Å². The number of hydrogen-bond donors (Lipinski definition) is 1. The number of pyridine rings is 1. The minimum Gasteiger partial charge on any atom is -0.508 e. The molecule has 8 rings (SSSR count). The van der Waals surface area contributed by atoms with Crippen LogP contribution < -0.4 is 14.4 Å². The van der Waals surface area contributed by atoms with Crippen LogP contribution in [-0.4, -0.2) is 82.6 Å². The molecule has 5 aliphatic rings. The Morgan fingerprint density at radius 2 is 2.09 bits per heavy atom. The quantitative estimate of drug-likeness (QED) is 0.419. The summed E-state index contributed by atoms with van der Waals surface area (Å²) in [7, 11) is 0. The summed E-state index contributed by atoms with van der Waals surface area (Å²) in [6.07, 6.45) is 6.92. The minimum atomic E-state index is -0.0883. The van der Waals surface area contributed by atoms with Crippen molar-refractivity contribution in [3.8, 4) is 35.0 Å². The number of hydrogen-bond acceptors (Lipinski definition) is 10. The molecule has 1 aromatic carbocycles. The van der Waals surface area contributed by atoms with Gasteiger partial charge in [0.1, 0.15) is 47.3 Å². The number of fused-ring (bicyclic) bond motifs is 4. The van der Waals surface area contributed by atoms with E-state index < -0.39 is 0 Å². The molecule has 4 aliphatic heterocycles. The molecule has 0 saturated carbocycles. The van der Waals surface area contributed by atoms with Crippen molar-refractivity contribution in [2.45, 2.75) is 69.4 Å². The predicted octanol–water partition coefficient (Wildman–Crippen LogP) is 4.87. The molecule has 228 valence electrons. The fourth-order valence-corrected chi connectivity index (χ4v) is 8.30. The summed E-state index contributed by atoms with van der Waals surface area (Å²) in [5.41, 5.74) is 5.43. The first kappa shape index (κ1) is 27.6. The Kier molecular flexibility index (Phi) is 6.65. The van der Waals surface area contributed by atoms with Gasteiger partial charge in [-0.2, -0.15) is 15.2 Å². The van der Waals surface area contributed by atoms with Crippen LogP contribution in [0.1, 0.15) is 68.1 Å². The summed E-state index contributed by atoms with van der Waals surface area (Å²) < 4.78 is 18.9. The van der Waals surface area contributed by atoms with Crippen LogP contribution in [0.3, 0.4) is 0 Å². The van der Waals surface area contributed by atoms with Gasteiger partial charge in [-0.3, -0.25) is 4.90 Å². The van der Waals surface area contributed by atoms with Crippen molar-refractivity contribution in [2.24, 2.45) is 0 Å². The minimum absolute atomic E-state index is 0.0674. The zero-order valence-electron chi connectivity index (χ0n) is 25.3. The SMILES string of the molecule is C=C1CN2CCC[C@@]2(COc2nc3c4c(nc(-c5cc(O)cc6c5[C@H](C)CCC6)c(C#N)c4n2)OC[C@@H]2COCCCN32)C1. The zero-order chi connectivity index (χ0) is 30.0. The number of aromatic nitrogens is 3. The third kappa shape index (κ3) is 4.39. The second kappa shape index (κ2) is 10.6. The van der Waals surface area contributed by atoms with Gasteiger partial charge in [0, 0.05) is 25.3 Å². The predicted molar refractivity (Wildman–Crippen MR) is 165 cm³/mol. The molecule has 3 fully saturated rings. The summed E-state index contributed by atoms with van der Waals surface area (Å²) >= 11 is 0. The van der Waals surface area contributed by atoms with Crippen LogP contribution in [0.25, 0.3) is 22.2 Å². The fraction of sp³-hybridized carbons (Fsp3) is 0.529. The molecule has 0 radical (unpaired) electrons. The van der Waals surface area contributed by atoms with Crippen molar-refractivity contribution in [1.82, 2.24) is 19.9 Å². The van der Waals surface area contributed by atoms with Gasteiger partial charge in [0.05, 0.1) is 23.9 Å². The van der Waals surface area contributed by atoms with E-state index in [-0.39, 0.29) is 29.3 Å². The number of aryl methyl sites for hydroxylation is 1. The van der Waals surface area contributed by atoms with E-state index in [9.17, 15) is 10.4 Å². The van der Waals surface area contributed by atoms with Crippen molar-refractivity contribution >= 4 is 16.7 Å². The van der Waals surface area contributed by atoms with Crippen LogP contribution in [0.4, 0.5) is 5.82 Å². The Hall–Kier alpha value is -3.94. The second-order valence-electron chi connectivity index (χ2n) is 13.2. The van der Waals surface area contributed by atoms with Crippen LogP contribution >= 0.6 is 0 Å². The molecule has 2 aromatic heterocycles. The van der Waals surface area contributed by atoms with E-state index in [1.807, 2.05) is 6.07 Å². The Morgan fingerprint density at radius 3 is 2.98 bits per heavy atom. The average Bonchev–Trinajstić information content (AvgIpc) is 3.36. The largest absolute Gasteiger partial charge is 0.508 e. The lowest BCUT2D eigenvalue weighted by Crippen LogP contribution is -2.43. The first-order valence-electron chi connectivity index (χ1n) is 16.0. The number of benzene rings is 1. The maximum Gasteiger partial charge on any atom is 0.319 e. The van der Waals surface area contributed by atoms with E-state index in [0.717, 1.165) is 81.3 Å². The number of phenols is 1. The highest BCUT2D eigenvalue weighted by atomic mass is 16.5. The molecule has 6 heterocycles. The first-order valence-corrected chi connectivity index (χ1v) is 16.0. The van der Waals surface area contributed by atoms with Gasteiger partial charge >= 0.3 is 6.01 Å². The number of nitrogens with zero attached hydrogens (tertiary/aromatic N) is 6. The second-order valence-corrected chi connectivity index (χ2v) is 13.2. The zero-order valence-corrected chi connectivity index (χ0v) is 25.3. The normalized spacial score (nSPS) is 26.3. The van der Waals surface area contributed by atoms with Gasteiger partial charge in [0.25, 0.3) is 0 Å². The standard InChI is InChI=1S/C34H38N6O4/c1-20-14-34(8-4-9-39(34)16-20)19-44-33-37-30-26(15-35)29(25-13-24(41)12-22-7-3-6-21(2)27(22)25)36-32-28(30)31(38-33)40-10-5-11-42-17-23(40)18-43-32/h12-13,21,23,41H,1,3-11,14,16-19H2,2H3/t21-,23+,34+/m1/s1. The van der Waals surface area contributed by atoms with E-state index in [1.165, 1.54) is 5.57 Å². The Balaban J connectivity index is 1.32. The van der Waals surface area contributed by atoms with Gasteiger partial charge in [0.2, 0.25) is 5.88 Å². The molecule has 10 heteroatoms. The number of rotatable bonds is 4. The van der Waals surface area contributed by atoms with Crippen LogP contribution in [0, 0.1) is 11.3 Å². The van der Waals surface area contributed by atoms with E-state index in [1.54, 1.807) is 6.07 Å². The number of nitriles is 1. The molecule has 1 aliphatic carbocycles. The highest BCUT2D eigenvalue weighted by Crippen LogP contribution is 2.46. The van der Waals surface area contributed by atoms with E-state index in [4.69, 9.17) is 29.2 Å². The van der Waals surface area contributed by atoms with E-state index >= 15 is 0 Å². The summed E-state index contributed by atoms with van der Waals surface area (Å²) in [5.74, 6) is 1.51. The molecule has 0 unspecified atom stereocenters. The van der Waals surface area contributed by atoms with Crippen molar-refractivity contribution in [1.29, 1.82) is 5.26 Å². The monoisotopic (exact) mass is 594 g/mol. The molecule has 3 atom stereocenters. The molecule has 3 aromatic rings. The smallest absolute Gasteiger partial charge is 0.319 e. The molecule has 3 saturated heterocycles. The Bertz CT molecular complexity index is 1720. The number of phenolic OH excluding ortho intramolecular Hbond substituents is 1. The maximum absolute atomic E-state index is 10.8. The first-order chi connectivity index (χ1) is 21.4. The van der Waals surface area contributed by atoms with Crippen molar-refractivity contribution in [2.75, 3.05) is 51.0 Å². The highest BCUT2D eigenvalue weighted by molar-refractivity contribution is 6.01. The topological polar surface area (TPSA) is 117 Å². The average molecular weight is 595 g/mol. The highest BCUT2D eigenvalue weighted by Gasteiger charge is 2.46. The van der Waals surface area contributed by atoms with Crippen molar-refractivity contribution in [3.63, 3.8) is 0 Å². The number of ether oxygens (including phenoxy) is 3. The molecule has 0 spiro atoms. The lowest BCUT2D eigenvalue weighted by molar-refractivity contribution is 0.108. The Labute approximate surface area is 257 Å². The van der Waals surface area contributed by atoms with Crippen LogP contribution in [0.15, 0.2) is 24.3 Å². The molecular weight excluding hydrogens is 556 g/mol. The molecule has 44 heavy (non-hydrogen) atoms. The lowest BCUT2D eigenvalue weighted by atomic mass is 9.79. The molecule has 0 bridgehead atoms. The molecular formula is C34H38N6O4. The molecule has 0 amide bonds. The summed E-state index contributed by atoms with van der Waals surface area (Å²) in [4.78, 5) is 19.7. The third-order valence-corrected chi connectivity index (χ3v) is 10.3. The number of anilines is 1. The van der Waals surface area contributed by atoms with E-state index in [0.29, 0.717) is 60.3 Å². The molecule has 1 N–H and O–H groups in total. The number of aromatic hydroxyl groups is 1. The van der Waals surface area contributed by atoms with Crippen LogP contribution in [0.2, 0.25) is 0 Å². The maximum atomic E-state index is 10.8. The van der Waals surface area contributed by atoms with Crippen molar-refractivity contribution in [3.05, 3.63) is 41.0 Å². The summed E-state index contributed by atoms with van der Waals surface area (Å²) in [6.45, 7) is 11.2. The summed E-state index contributed by atoms with van der Waals surface area (Å²) in [5, 5.41) is 22.1. The Morgan fingerprint density at radius 1 is 1.18 bits per heavy atom. The van der Waals surface area contributed by atoms with Gasteiger partial charge in [-0.15, -0.1) is 0 Å². The van der Waals surface area contributed by atoms with Gasteiger partial charge in [-0.1, -0.05) is 19.1 Å². The van der Waals surface area contributed by atoms with Gasteiger partial charge in [0.15, 0.2) is 0 Å². The molecule has 10 nitrogen and oxygen atoms in total.